The molecule has 0 aliphatic carbocycles. The summed E-state index contributed by atoms with van der Waals surface area (Å²) in [5.41, 5.74) is 6.00. The second kappa shape index (κ2) is 4.72. The van der Waals surface area contributed by atoms with Crippen LogP contribution < -0.4 is 16.1 Å². The highest BCUT2D eigenvalue weighted by Gasteiger charge is 2.17. The van der Waals surface area contributed by atoms with Crippen LogP contribution in [-0.4, -0.2) is 16.7 Å². The number of nitrogens with one attached hydrogen (secondary N) is 2. The molecule has 1 aliphatic heterocycles. The highest BCUT2D eigenvalue weighted by atomic mass is 79.9. The van der Waals surface area contributed by atoms with Gasteiger partial charge in [0.1, 0.15) is 0 Å². The molecule has 104 valence electrons. The Morgan fingerprint density at radius 1 is 1.19 bits per heavy atom. The molecule has 0 saturated carbocycles. The third-order valence-corrected chi connectivity index (χ3v) is 4.31. The normalized spacial score (nSPS) is 13.3. The monoisotopic (exact) mass is 341 g/mol. The fourth-order valence-corrected chi connectivity index (χ4v) is 3.19. The van der Waals surface area contributed by atoms with E-state index in [0.29, 0.717) is 12.2 Å². The van der Waals surface area contributed by atoms with Crippen LogP contribution in [0.4, 0.5) is 5.69 Å². The molecular weight excluding hydrogens is 330 g/mol. The third-order valence-electron chi connectivity index (χ3n) is 3.81. The van der Waals surface area contributed by atoms with E-state index in [4.69, 9.17) is 0 Å². The first-order valence-corrected chi connectivity index (χ1v) is 7.41. The molecule has 5 heteroatoms. The lowest BCUT2D eigenvalue weighted by atomic mass is 10.1. The number of nitrogens with zero attached hydrogens (tertiary/aromatic N) is 1. The molecule has 0 fully saturated rings. The summed E-state index contributed by atoms with van der Waals surface area (Å²) in [6.45, 7) is 0.604. The molecule has 1 aliphatic rings. The smallest absolute Gasteiger partial charge is 0.0933 e. The number of H-pyrrole nitrogens is 1. The SMILES string of the molecule is ONc1c(C2=c3ccc(Br)cc3=NC2)[nH]c2ccccc12. The maximum atomic E-state index is 9.54. The maximum absolute atomic E-state index is 9.54. The fraction of sp³-hybridized carbons (Fsp3) is 0.0625. The van der Waals surface area contributed by atoms with Crippen LogP contribution in [0, 0.1) is 0 Å². The van der Waals surface area contributed by atoms with Gasteiger partial charge in [0, 0.05) is 26.2 Å². The van der Waals surface area contributed by atoms with E-state index < -0.39 is 0 Å². The van der Waals surface area contributed by atoms with Crippen LogP contribution in [-0.2, 0) is 0 Å². The van der Waals surface area contributed by atoms with Crippen LogP contribution in [0.3, 0.4) is 0 Å². The van der Waals surface area contributed by atoms with Crippen LogP contribution in [0.15, 0.2) is 51.9 Å². The second-order valence-electron chi connectivity index (χ2n) is 4.99. The van der Waals surface area contributed by atoms with Crippen molar-refractivity contribution in [3.63, 3.8) is 0 Å². The number of fused-ring (bicyclic) bond motifs is 2. The topological polar surface area (TPSA) is 60.4 Å². The summed E-state index contributed by atoms with van der Waals surface area (Å²) in [4.78, 5) is 7.95. The first-order valence-electron chi connectivity index (χ1n) is 6.62. The minimum absolute atomic E-state index is 0.604. The lowest BCUT2D eigenvalue weighted by Gasteiger charge is -2.03. The van der Waals surface area contributed by atoms with Crippen LogP contribution in [0.25, 0.3) is 16.5 Å². The zero-order valence-electron chi connectivity index (χ0n) is 11.0. The van der Waals surface area contributed by atoms with Crippen molar-refractivity contribution in [3.05, 3.63) is 63.2 Å². The summed E-state index contributed by atoms with van der Waals surface area (Å²) in [6.07, 6.45) is 0. The quantitative estimate of drug-likeness (QED) is 0.627. The Balaban J connectivity index is 2.06. The molecule has 0 amide bonds. The van der Waals surface area contributed by atoms with E-state index >= 15 is 0 Å². The van der Waals surface area contributed by atoms with E-state index in [1.807, 2.05) is 36.4 Å². The van der Waals surface area contributed by atoms with Gasteiger partial charge in [0.05, 0.1) is 23.3 Å². The number of aromatic nitrogens is 1. The largest absolute Gasteiger partial charge is 0.353 e. The standard InChI is InChI=1S/C16H12BrN3O/c17-9-5-6-10-12(8-18-14(10)7-9)15-16(20-21)11-3-1-2-4-13(11)19-15/h1-7,19-21H,8H2. The molecule has 0 saturated heterocycles. The van der Waals surface area contributed by atoms with Crippen molar-refractivity contribution < 1.29 is 5.21 Å². The van der Waals surface area contributed by atoms with Crippen molar-refractivity contribution >= 4 is 38.1 Å². The lowest BCUT2D eigenvalue weighted by molar-refractivity contribution is 0.389. The van der Waals surface area contributed by atoms with E-state index in [-0.39, 0.29) is 0 Å². The Morgan fingerprint density at radius 3 is 2.90 bits per heavy atom. The van der Waals surface area contributed by atoms with E-state index in [0.717, 1.165) is 37.2 Å². The van der Waals surface area contributed by atoms with Crippen molar-refractivity contribution in [1.29, 1.82) is 0 Å². The Morgan fingerprint density at radius 2 is 2.05 bits per heavy atom. The number of benzene rings is 2. The summed E-state index contributed by atoms with van der Waals surface area (Å²) < 4.78 is 1.02. The number of aromatic amines is 1. The minimum atomic E-state index is 0.604. The van der Waals surface area contributed by atoms with E-state index in [2.05, 4.69) is 37.5 Å². The molecule has 3 N–H and O–H groups in total. The molecule has 2 aromatic carbocycles. The molecule has 4 rings (SSSR count). The molecule has 4 nitrogen and oxygen atoms in total. The fourth-order valence-electron chi connectivity index (χ4n) is 2.84. The molecule has 1 aromatic heterocycles. The lowest BCUT2D eigenvalue weighted by Crippen LogP contribution is -2.23. The van der Waals surface area contributed by atoms with Gasteiger partial charge in [-0.15, -0.1) is 0 Å². The van der Waals surface area contributed by atoms with Crippen LogP contribution >= 0.6 is 15.9 Å². The highest BCUT2D eigenvalue weighted by molar-refractivity contribution is 9.10. The molecular formula is C16H12BrN3O. The number of hydrogen-bond donors (Lipinski definition) is 3. The van der Waals surface area contributed by atoms with Crippen LogP contribution in [0.5, 0.6) is 0 Å². The summed E-state index contributed by atoms with van der Waals surface area (Å²) in [5.74, 6) is 0. The third kappa shape index (κ3) is 1.89. The Hall–Kier alpha value is -2.11. The predicted molar refractivity (Wildman–Crippen MR) is 86.0 cm³/mol. The maximum Gasteiger partial charge on any atom is 0.0933 e. The predicted octanol–water partition coefficient (Wildman–Crippen LogP) is 2.56. The molecule has 0 atom stereocenters. The number of hydrogen-bond acceptors (Lipinski definition) is 3. The first kappa shape index (κ1) is 12.6. The average molecular weight is 342 g/mol. The number of rotatable bonds is 2. The Labute approximate surface area is 128 Å². The van der Waals surface area contributed by atoms with E-state index in [9.17, 15) is 5.21 Å². The summed E-state index contributed by atoms with van der Waals surface area (Å²) in [5, 5.41) is 12.6. The second-order valence-corrected chi connectivity index (χ2v) is 5.90. The van der Waals surface area contributed by atoms with Crippen LogP contribution in [0.2, 0.25) is 0 Å². The molecule has 0 unspecified atom stereocenters. The van der Waals surface area contributed by atoms with Gasteiger partial charge in [-0.3, -0.25) is 15.7 Å². The number of anilines is 1. The van der Waals surface area contributed by atoms with Crippen molar-refractivity contribution in [1.82, 2.24) is 4.98 Å². The summed E-state index contributed by atoms with van der Waals surface area (Å²) in [7, 11) is 0. The van der Waals surface area contributed by atoms with Crippen molar-refractivity contribution in [2.75, 3.05) is 12.0 Å². The zero-order chi connectivity index (χ0) is 14.4. The summed E-state index contributed by atoms with van der Waals surface area (Å²) >= 11 is 3.47. The van der Waals surface area contributed by atoms with Gasteiger partial charge in [0.2, 0.25) is 0 Å². The van der Waals surface area contributed by atoms with Gasteiger partial charge >= 0.3 is 0 Å². The van der Waals surface area contributed by atoms with E-state index in [1.165, 1.54) is 0 Å². The number of halogens is 1. The summed E-state index contributed by atoms with van der Waals surface area (Å²) in [6, 6.07) is 14.0. The molecule has 0 radical (unpaired) electrons. The van der Waals surface area contributed by atoms with Crippen molar-refractivity contribution in [2.45, 2.75) is 0 Å². The van der Waals surface area contributed by atoms with Crippen molar-refractivity contribution in [2.24, 2.45) is 4.99 Å². The van der Waals surface area contributed by atoms with Gasteiger partial charge in [0.25, 0.3) is 0 Å². The van der Waals surface area contributed by atoms with Crippen LogP contribution in [0.1, 0.15) is 5.69 Å². The van der Waals surface area contributed by atoms with Gasteiger partial charge in [-0.1, -0.05) is 40.2 Å². The number of para-hydroxylation sites is 1. The van der Waals surface area contributed by atoms with Gasteiger partial charge in [-0.2, -0.15) is 0 Å². The van der Waals surface area contributed by atoms with Gasteiger partial charge in [-0.25, -0.2) is 0 Å². The highest BCUT2D eigenvalue weighted by Crippen LogP contribution is 2.31. The molecule has 21 heavy (non-hydrogen) atoms. The Kier molecular flexibility index (Phi) is 2.83. The van der Waals surface area contributed by atoms with Crippen molar-refractivity contribution in [3.8, 4) is 0 Å². The zero-order valence-corrected chi connectivity index (χ0v) is 12.6. The molecule has 0 bridgehead atoms. The first-order chi connectivity index (χ1) is 10.3. The molecule has 2 heterocycles. The van der Waals surface area contributed by atoms with E-state index in [1.54, 1.807) is 0 Å². The average Bonchev–Trinajstić information content (AvgIpc) is 3.06. The molecule has 0 spiro atoms. The van der Waals surface area contributed by atoms with Gasteiger partial charge in [0.15, 0.2) is 0 Å². The van der Waals surface area contributed by atoms with Gasteiger partial charge < -0.3 is 4.98 Å². The molecule has 3 aromatic rings. The minimum Gasteiger partial charge on any atom is -0.353 e. The van der Waals surface area contributed by atoms with Gasteiger partial charge in [-0.05, 0) is 18.2 Å². The Bertz CT molecular complexity index is 975.